The van der Waals surface area contributed by atoms with Crippen LogP contribution in [-0.2, 0) is 4.79 Å². The summed E-state index contributed by atoms with van der Waals surface area (Å²) in [5, 5.41) is 22.4. The number of anilines is 1. The van der Waals surface area contributed by atoms with Crippen molar-refractivity contribution in [2.24, 2.45) is 0 Å². The van der Waals surface area contributed by atoms with E-state index in [2.05, 4.69) is 5.32 Å². The minimum absolute atomic E-state index is 0.0125. The quantitative estimate of drug-likeness (QED) is 0.597. The number of carbonyl (C=O) groups excluding carboxylic acids is 1. The van der Waals surface area contributed by atoms with Crippen LogP contribution in [0.15, 0.2) is 18.2 Å². The van der Waals surface area contributed by atoms with Gasteiger partial charge in [-0.1, -0.05) is 0 Å². The standard InChI is InChI=1S/C11H11N3O5/c15-10-6-13(4-3-12-10)9-5-7(14(18)19)1-2-8(9)11(16)17/h1-2,5H,3-4,6H2,(H,12,15)(H,16,17). The van der Waals surface area contributed by atoms with Crippen molar-refractivity contribution in [1.82, 2.24) is 5.32 Å². The molecule has 1 amide bonds. The van der Waals surface area contributed by atoms with Crippen LogP contribution in [-0.4, -0.2) is 41.5 Å². The van der Waals surface area contributed by atoms with Gasteiger partial charge in [-0.25, -0.2) is 4.79 Å². The second-order valence-electron chi connectivity index (χ2n) is 4.04. The average Bonchev–Trinajstić information content (AvgIpc) is 2.37. The number of rotatable bonds is 3. The zero-order valence-electron chi connectivity index (χ0n) is 9.83. The summed E-state index contributed by atoms with van der Waals surface area (Å²) in [5.74, 6) is -1.43. The lowest BCUT2D eigenvalue weighted by Crippen LogP contribution is -2.48. The number of amides is 1. The third kappa shape index (κ3) is 2.62. The van der Waals surface area contributed by atoms with E-state index in [0.29, 0.717) is 13.1 Å². The monoisotopic (exact) mass is 265 g/mol. The van der Waals surface area contributed by atoms with E-state index in [4.69, 9.17) is 5.11 Å². The Kier molecular flexibility index (Phi) is 3.32. The molecule has 1 aliphatic heterocycles. The number of carboxylic acids is 1. The number of piperazine rings is 1. The Morgan fingerprint density at radius 1 is 1.47 bits per heavy atom. The molecule has 1 saturated heterocycles. The number of carboxylic acid groups (broad SMARTS) is 1. The van der Waals surface area contributed by atoms with Gasteiger partial charge in [0.1, 0.15) is 0 Å². The molecular formula is C11H11N3O5. The van der Waals surface area contributed by atoms with Gasteiger partial charge in [0, 0.05) is 25.2 Å². The van der Waals surface area contributed by atoms with Gasteiger partial charge in [0.05, 0.1) is 22.7 Å². The van der Waals surface area contributed by atoms with E-state index in [1.165, 1.54) is 17.0 Å². The molecule has 0 radical (unpaired) electrons. The molecule has 0 bridgehead atoms. The molecule has 1 aliphatic rings. The van der Waals surface area contributed by atoms with Crippen molar-refractivity contribution in [3.05, 3.63) is 33.9 Å². The third-order valence-electron chi connectivity index (χ3n) is 2.80. The molecule has 0 spiro atoms. The molecule has 100 valence electrons. The first-order valence-electron chi connectivity index (χ1n) is 5.52. The van der Waals surface area contributed by atoms with Gasteiger partial charge in [-0.05, 0) is 6.07 Å². The molecule has 0 aromatic heterocycles. The van der Waals surface area contributed by atoms with E-state index >= 15 is 0 Å². The largest absolute Gasteiger partial charge is 0.478 e. The van der Waals surface area contributed by atoms with E-state index in [1.54, 1.807) is 0 Å². The molecule has 0 atom stereocenters. The SMILES string of the molecule is O=C1CN(c2cc([N+](=O)[O-])ccc2C(=O)O)CCN1. The number of non-ortho nitro benzene ring substituents is 1. The Morgan fingerprint density at radius 2 is 2.21 bits per heavy atom. The normalized spacial score (nSPS) is 14.9. The smallest absolute Gasteiger partial charge is 0.337 e. The van der Waals surface area contributed by atoms with Crippen LogP contribution in [0.2, 0.25) is 0 Å². The van der Waals surface area contributed by atoms with Crippen molar-refractivity contribution in [2.45, 2.75) is 0 Å². The lowest BCUT2D eigenvalue weighted by Gasteiger charge is -2.29. The number of nitro benzene ring substituents is 1. The van der Waals surface area contributed by atoms with Crippen molar-refractivity contribution < 1.29 is 19.6 Å². The Hall–Kier alpha value is -2.64. The lowest BCUT2D eigenvalue weighted by atomic mass is 10.1. The first-order chi connectivity index (χ1) is 8.99. The number of nitrogens with one attached hydrogen (secondary N) is 1. The highest BCUT2D eigenvalue weighted by Crippen LogP contribution is 2.26. The molecular weight excluding hydrogens is 254 g/mol. The average molecular weight is 265 g/mol. The topological polar surface area (TPSA) is 113 Å². The van der Waals surface area contributed by atoms with Crippen LogP contribution in [0.25, 0.3) is 0 Å². The fourth-order valence-electron chi connectivity index (χ4n) is 1.92. The molecule has 8 nitrogen and oxygen atoms in total. The van der Waals surface area contributed by atoms with Crippen molar-refractivity contribution in [3.63, 3.8) is 0 Å². The van der Waals surface area contributed by atoms with Crippen LogP contribution < -0.4 is 10.2 Å². The zero-order valence-corrected chi connectivity index (χ0v) is 9.83. The molecule has 0 saturated carbocycles. The van der Waals surface area contributed by atoms with Crippen molar-refractivity contribution in [1.29, 1.82) is 0 Å². The highest BCUT2D eigenvalue weighted by atomic mass is 16.6. The molecule has 19 heavy (non-hydrogen) atoms. The predicted molar refractivity (Wildman–Crippen MR) is 65.3 cm³/mol. The first-order valence-corrected chi connectivity index (χ1v) is 5.52. The van der Waals surface area contributed by atoms with E-state index in [-0.39, 0.29) is 29.4 Å². The van der Waals surface area contributed by atoms with Crippen LogP contribution in [0, 0.1) is 10.1 Å². The summed E-state index contributed by atoms with van der Waals surface area (Å²) < 4.78 is 0. The van der Waals surface area contributed by atoms with Gasteiger partial charge in [-0.3, -0.25) is 14.9 Å². The summed E-state index contributed by atoms with van der Waals surface area (Å²) in [4.78, 5) is 34.1. The Balaban J connectivity index is 2.45. The summed E-state index contributed by atoms with van der Waals surface area (Å²) in [6, 6.07) is 3.50. The van der Waals surface area contributed by atoms with Gasteiger partial charge in [0.25, 0.3) is 5.69 Å². The fourth-order valence-corrected chi connectivity index (χ4v) is 1.92. The molecule has 2 rings (SSSR count). The van der Waals surface area contributed by atoms with E-state index in [9.17, 15) is 19.7 Å². The van der Waals surface area contributed by atoms with Gasteiger partial charge >= 0.3 is 5.97 Å². The van der Waals surface area contributed by atoms with Gasteiger partial charge < -0.3 is 15.3 Å². The summed E-state index contributed by atoms with van der Waals surface area (Å²) in [6.45, 7) is 0.773. The molecule has 1 fully saturated rings. The highest BCUT2D eigenvalue weighted by Gasteiger charge is 2.23. The van der Waals surface area contributed by atoms with Crippen LogP contribution in [0.4, 0.5) is 11.4 Å². The molecule has 2 N–H and O–H groups in total. The first kappa shape index (κ1) is 12.8. The van der Waals surface area contributed by atoms with Gasteiger partial charge in [-0.15, -0.1) is 0 Å². The molecule has 8 heteroatoms. The number of aromatic carboxylic acids is 1. The van der Waals surface area contributed by atoms with Gasteiger partial charge in [0.15, 0.2) is 0 Å². The van der Waals surface area contributed by atoms with E-state index in [1.807, 2.05) is 0 Å². The van der Waals surface area contributed by atoms with E-state index in [0.717, 1.165) is 6.07 Å². The second-order valence-corrected chi connectivity index (χ2v) is 4.04. The van der Waals surface area contributed by atoms with Crippen molar-refractivity contribution in [2.75, 3.05) is 24.5 Å². The third-order valence-corrected chi connectivity index (χ3v) is 2.80. The highest BCUT2D eigenvalue weighted by molar-refractivity contribution is 5.96. The zero-order chi connectivity index (χ0) is 14.0. The molecule has 0 unspecified atom stereocenters. The maximum absolute atomic E-state index is 11.3. The number of carbonyl (C=O) groups is 2. The maximum atomic E-state index is 11.3. The second kappa shape index (κ2) is 4.92. The van der Waals surface area contributed by atoms with Crippen LogP contribution in [0.3, 0.4) is 0 Å². The molecule has 1 aromatic carbocycles. The van der Waals surface area contributed by atoms with Crippen LogP contribution in [0.1, 0.15) is 10.4 Å². The number of nitro groups is 1. The maximum Gasteiger partial charge on any atom is 0.337 e. The Labute approximate surface area is 107 Å². The molecule has 1 aromatic rings. The summed E-state index contributed by atoms with van der Waals surface area (Å²) >= 11 is 0. The lowest BCUT2D eigenvalue weighted by molar-refractivity contribution is -0.384. The van der Waals surface area contributed by atoms with E-state index < -0.39 is 10.9 Å². The van der Waals surface area contributed by atoms with Crippen molar-refractivity contribution >= 4 is 23.3 Å². The predicted octanol–water partition coefficient (Wildman–Crippen LogP) is 0.229. The number of nitrogens with zero attached hydrogens (tertiary/aromatic N) is 2. The number of benzene rings is 1. The number of hydrogen-bond donors (Lipinski definition) is 2. The number of hydrogen-bond acceptors (Lipinski definition) is 5. The summed E-state index contributed by atoms with van der Waals surface area (Å²) in [6.07, 6.45) is 0. The van der Waals surface area contributed by atoms with Crippen molar-refractivity contribution in [3.8, 4) is 0 Å². The van der Waals surface area contributed by atoms with Crippen LogP contribution in [0.5, 0.6) is 0 Å². The van der Waals surface area contributed by atoms with Gasteiger partial charge in [0.2, 0.25) is 5.91 Å². The molecule has 0 aliphatic carbocycles. The minimum Gasteiger partial charge on any atom is -0.478 e. The summed E-state index contributed by atoms with van der Waals surface area (Å²) in [7, 11) is 0. The summed E-state index contributed by atoms with van der Waals surface area (Å²) in [5.41, 5.74) is -0.0668. The Morgan fingerprint density at radius 3 is 2.79 bits per heavy atom. The fraction of sp³-hybridized carbons (Fsp3) is 0.273. The Bertz CT molecular complexity index is 557. The van der Waals surface area contributed by atoms with Crippen LogP contribution >= 0.6 is 0 Å². The van der Waals surface area contributed by atoms with Gasteiger partial charge in [-0.2, -0.15) is 0 Å². The minimum atomic E-state index is -1.18. The molecule has 1 heterocycles.